The van der Waals surface area contributed by atoms with Crippen LogP contribution in [0.1, 0.15) is 25.0 Å². The number of nitrogens with one attached hydrogen (secondary N) is 1. The fourth-order valence-electron chi connectivity index (χ4n) is 2.53. The van der Waals surface area contributed by atoms with Gasteiger partial charge in [-0.3, -0.25) is 0 Å². The maximum Gasteiger partial charge on any atom is 0.276 e. The normalized spacial score (nSPS) is 13.5. The van der Waals surface area contributed by atoms with Gasteiger partial charge < -0.3 is 9.47 Å². The van der Waals surface area contributed by atoms with Crippen LogP contribution in [0.3, 0.4) is 0 Å². The van der Waals surface area contributed by atoms with E-state index >= 15 is 0 Å². The van der Waals surface area contributed by atoms with Crippen LogP contribution in [0.2, 0.25) is 5.02 Å². The molecule has 0 aliphatic carbocycles. The van der Waals surface area contributed by atoms with Crippen LogP contribution in [0.15, 0.2) is 46.4 Å². The van der Waals surface area contributed by atoms with E-state index in [1.165, 1.54) is 6.21 Å². The first kappa shape index (κ1) is 18.5. The molecule has 3 rings (SSSR count). The standard InChI is InChI=1S/C18H19ClN2O4S/c1-12(2)7-13-3-5-15(6-4-13)26(22,23)21-20-10-14-8-17-18(9-16(14)19)25-11-24-17/h3-6,8-10,12,21H,7,11H2,1-2H3/b20-10+. The lowest BCUT2D eigenvalue weighted by Gasteiger charge is -2.07. The maximum atomic E-state index is 12.3. The van der Waals surface area contributed by atoms with Crippen molar-refractivity contribution in [3.8, 4) is 11.5 Å². The van der Waals surface area contributed by atoms with Crippen molar-refractivity contribution in [3.05, 3.63) is 52.5 Å². The molecular formula is C18H19ClN2O4S. The van der Waals surface area contributed by atoms with Gasteiger partial charge in [0.1, 0.15) is 0 Å². The molecule has 0 unspecified atom stereocenters. The van der Waals surface area contributed by atoms with E-state index in [0.717, 1.165) is 12.0 Å². The van der Waals surface area contributed by atoms with Gasteiger partial charge in [0.05, 0.1) is 16.1 Å². The molecule has 0 amide bonds. The first-order valence-electron chi connectivity index (χ1n) is 8.08. The van der Waals surface area contributed by atoms with Crippen molar-refractivity contribution in [1.82, 2.24) is 4.83 Å². The molecule has 1 aliphatic rings. The van der Waals surface area contributed by atoms with E-state index in [0.29, 0.717) is 28.0 Å². The Morgan fingerprint density at radius 2 is 1.85 bits per heavy atom. The largest absolute Gasteiger partial charge is 0.454 e. The monoisotopic (exact) mass is 394 g/mol. The molecule has 0 saturated heterocycles. The molecule has 0 saturated carbocycles. The van der Waals surface area contributed by atoms with E-state index in [4.69, 9.17) is 21.1 Å². The summed E-state index contributed by atoms with van der Waals surface area (Å²) in [7, 11) is -3.75. The Kier molecular flexibility index (Phi) is 5.38. The molecule has 6 nitrogen and oxygen atoms in total. The van der Waals surface area contributed by atoms with Crippen LogP contribution in [0.4, 0.5) is 0 Å². The van der Waals surface area contributed by atoms with Crippen LogP contribution in [0.25, 0.3) is 0 Å². The molecule has 2 aromatic rings. The smallest absolute Gasteiger partial charge is 0.276 e. The second kappa shape index (κ2) is 7.55. The van der Waals surface area contributed by atoms with E-state index in [2.05, 4.69) is 23.8 Å². The lowest BCUT2D eigenvalue weighted by atomic mass is 10.0. The fraction of sp³-hybridized carbons (Fsp3) is 0.278. The van der Waals surface area contributed by atoms with Crippen LogP contribution in [-0.4, -0.2) is 21.4 Å². The van der Waals surface area contributed by atoms with Crippen LogP contribution in [0.5, 0.6) is 11.5 Å². The topological polar surface area (TPSA) is 77.0 Å². The Bertz CT molecular complexity index is 925. The van der Waals surface area contributed by atoms with Gasteiger partial charge in [-0.1, -0.05) is 37.6 Å². The number of hydrazone groups is 1. The fourth-order valence-corrected chi connectivity index (χ4v) is 3.52. The minimum Gasteiger partial charge on any atom is -0.454 e. The number of hydrogen-bond donors (Lipinski definition) is 1. The lowest BCUT2D eigenvalue weighted by Crippen LogP contribution is -2.18. The molecule has 1 heterocycles. The predicted octanol–water partition coefficient (Wildman–Crippen LogP) is 3.58. The van der Waals surface area contributed by atoms with E-state index in [1.807, 2.05) is 12.1 Å². The Balaban J connectivity index is 1.71. The third-order valence-electron chi connectivity index (χ3n) is 3.75. The number of sulfonamides is 1. The Hall–Kier alpha value is -2.25. The van der Waals surface area contributed by atoms with E-state index in [1.54, 1.807) is 24.3 Å². The van der Waals surface area contributed by atoms with Gasteiger partial charge in [-0.2, -0.15) is 13.5 Å². The summed E-state index contributed by atoms with van der Waals surface area (Å²) in [5.74, 6) is 1.60. The van der Waals surface area contributed by atoms with Crippen molar-refractivity contribution in [1.29, 1.82) is 0 Å². The highest BCUT2D eigenvalue weighted by Gasteiger charge is 2.16. The summed E-state index contributed by atoms with van der Waals surface area (Å²) in [5.41, 5.74) is 1.61. The van der Waals surface area contributed by atoms with Crippen LogP contribution < -0.4 is 14.3 Å². The van der Waals surface area contributed by atoms with Gasteiger partial charge in [0.2, 0.25) is 6.79 Å². The third-order valence-corrected chi connectivity index (χ3v) is 5.31. The SMILES string of the molecule is CC(C)Cc1ccc(S(=O)(=O)N/N=C/c2cc3c(cc2Cl)OCO3)cc1. The predicted molar refractivity (Wildman–Crippen MR) is 100 cm³/mol. The number of benzene rings is 2. The third kappa shape index (κ3) is 4.28. The van der Waals surface area contributed by atoms with E-state index < -0.39 is 10.0 Å². The Labute approximate surface area is 157 Å². The average molecular weight is 395 g/mol. The summed E-state index contributed by atoms with van der Waals surface area (Å²) in [6.07, 6.45) is 2.23. The summed E-state index contributed by atoms with van der Waals surface area (Å²) in [4.78, 5) is 2.34. The van der Waals surface area contributed by atoms with E-state index in [-0.39, 0.29) is 11.7 Å². The van der Waals surface area contributed by atoms with Gasteiger partial charge >= 0.3 is 0 Å². The van der Waals surface area contributed by atoms with Gasteiger partial charge in [-0.25, -0.2) is 4.83 Å². The highest BCUT2D eigenvalue weighted by Crippen LogP contribution is 2.36. The van der Waals surface area contributed by atoms with Gasteiger partial charge in [0.25, 0.3) is 10.0 Å². The van der Waals surface area contributed by atoms with Crippen molar-refractivity contribution in [2.24, 2.45) is 11.0 Å². The molecular weight excluding hydrogens is 376 g/mol. The summed E-state index contributed by atoms with van der Waals surface area (Å²) < 4.78 is 35.1. The molecule has 0 aromatic heterocycles. The van der Waals surface area contributed by atoms with Gasteiger partial charge in [0.15, 0.2) is 11.5 Å². The van der Waals surface area contributed by atoms with Crippen molar-refractivity contribution in [3.63, 3.8) is 0 Å². The molecule has 2 aromatic carbocycles. The summed E-state index contributed by atoms with van der Waals surface area (Å²) in [6.45, 7) is 4.36. The highest BCUT2D eigenvalue weighted by atomic mass is 35.5. The van der Waals surface area contributed by atoms with Gasteiger partial charge in [-0.05, 0) is 36.1 Å². The van der Waals surface area contributed by atoms with Crippen molar-refractivity contribution < 1.29 is 17.9 Å². The zero-order valence-corrected chi connectivity index (χ0v) is 16.0. The average Bonchev–Trinajstić information content (AvgIpc) is 3.02. The molecule has 1 N–H and O–H groups in total. The molecule has 8 heteroatoms. The zero-order valence-electron chi connectivity index (χ0n) is 14.4. The first-order valence-corrected chi connectivity index (χ1v) is 9.94. The van der Waals surface area contributed by atoms with Gasteiger partial charge in [0, 0.05) is 11.6 Å². The zero-order chi connectivity index (χ0) is 18.7. The molecule has 0 radical (unpaired) electrons. The number of hydrogen-bond acceptors (Lipinski definition) is 5. The Morgan fingerprint density at radius 1 is 1.19 bits per heavy atom. The molecule has 0 bridgehead atoms. The van der Waals surface area contributed by atoms with Crippen LogP contribution in [-0.2, 0) is 16.4 Å². The summed E-state index contributed by atoms with van der Waals surface area (Å²) in [5, 5.41) is 4.19. The second-order valence-electron chi connectivity index (χ2n) is 6.32. The molecule has 1 aliphatic heterocycles. The lowest BCUT2D eigenvalue weighted by molar-refractivity contribution is 0.174. The number of rotatable bonds is 6. The van der Waals surface area contributed by atoms with Crippen molar-refractivity contribution in [2.45, 2.75) is 25.2 Å². The molecule has 0 spiro atoms. The molecule has 0 atom stereocenters. The van der Waals surface area contributed by atoms with Crippen molar-refractivity contribution >= 4 is 27.8 Å². The summed E-state index contributed by atoms with van der Waals surface area (Å²) >= 11 is 6.13. The molecule has 0 fully saturated rings. The number of nitrogens with zero attached hydrogens (tertiary/aromatic N) is 1. The second-order valence-corrected chi connectivity index (χ2v) is 8.39. The minimum atomic E-state index is -3.75. The van der Waals surface area contributed by atoms with Crippen LogP contribution >= 0.6 is 11.6 Å². The maximum absolute atomic E-state index is 12.3. The van der Waals surface area contributed by atoms with E-state index in [9.17, 15) is 8.42 Å². The molecule has 138 valence electrons. The minimum absolute atomic E-state index is 0.131. The van der Waals surface area contributed by atoms with Gasteiger partial charge in [-0.15, -0.1) is 0 Å². The number of halogens is 1. The number of fused-ring (bicyclic) bond motifs is 1. The first-order chi connectivity index (χ1) is 12.3. The van der Waals surface area contributed by atoms with Crippen molar-refractivity contribution in [2.75, 3.05) is 6.79 Å². The van der Waals surface area contributed by atoms with Crippen LogP contribution in [0, 0.1) is 5.92 Å². The molecule has 26 heavy (non-hydrogen) atoms. The Morgan fingerprint density at radius 3 is 2.50 bits per heavy atom. The quantitative estimate of drug-likeness (QED) is 0.600. The number of ether oxygens (including phenoxy) is 2. The highest BCUT2D eigenvalue weighted by molar-refractivity contribution is 7.89. The summed E-state index contributed by atoms with van der Waals surface area (Å²) in [6, 6.07) is 10.0.